The Morgan fingerprint density at radius 3 is 2.67 bits per heavy atom. The van der Waals surface area contributed by atoms with Crippen molar-refractivity contribution >= 4 is 35.1 Å². The summed E-state index contributed by atoms with van der Waals surface area (Å²) >= 11 is 11.8. The summed E-state index contributed by atoms with van der Waals surface area (Å²) < 4.78 is 0. The number of rotatable bonds is 2. The summed E-state index contributed by atoms with van der Waals surface area (Å²) in [5.41, 5.74) is -0.516. The topological polar surface area (TPSA) is 70.5 Å². The normalized spacial score (nSPS) is 21.1. The molecule has 5 nitrogen and oxygen atoms in total. The van der Waals surface area contributed by atoms with Gasteiger partial charge in [0.15, 0.2) is 0 Å². The Hall–Kier alpha value is -1.33. The van der Waals surface area contributed by atoms with E-state index in [9.17, 15) is 14.7 Å². The molecular weight excluding hydrogens is 315 g/mol. The molecule has 1 aromatic heterocycles. The number of likely N-dealkylation sites (tertiary alicyclic amines) is 1. The molecule has 1 N–H and O–H groups in total. The van der Waals surface area contributed by atoms with Crippen molar-refractivity contribution in [2.45, 2.75) is 32.7 Å². The number of hydrogen-bond acceptors (Lipinski definition) is 3. The number of nitrogens with zero attached hydrogens (tertiary/aromatic N) is 2. The molecule has 2 rings (SSSR count). The second-order valence-electron chi connectivity index (χ2n) is 5.80. The molecule has 2 heterocycles. The molecule has 1 fully saturated rings. The van der Waals surface area contributed by atoms with Crippen molar-refractivity contribution in [3.05, 3.63) is 28.0 Å². The maximum atomic E-state index is 12.6. The Morgan fingerprint density at radius 1 is 1.38 bits per heavy atom. The van der Waals surface area contributed by atoms with Gasteiger partial charge in [-0.25, -0.2) is 9.78 Å². The number of halogens is 2. The number of carbonyl (C=O) groups excluding carboxylic acids is 1. The molecule has 0 aliphatic carbocycles. The number of aliphatic carboxylic acids is 1. The Kier molecular flexibility index (Phi) is 4.44. The van der Waals surface area contributed by atoms with E-state index in [1.54, 1.807) is 0 Å². The molecule has 1 saturated heterocycles. The number of carbonyl (C=O) groups is 2. The SMILES string of the molecule is CC1(C)CCCN(C(=O)c2nc(Cl)ccc2Cl)C1C(=O)O. The predicted molar refractivity (Wildman–Crippen MR) is 79.7 cm³/mol. The highest BCUT2D eigenvalue weighted by molar-refractivity contribution is 6.34. The van der Waals surface area contributed by atoms with Crippen molar-refractivity contribution in [2.24, 2.45) is 5.41 Å². The minimum absolute atomic E-state index is 0.00637. The van der Waals surface area contributed by atoms with Gasteiger partial charge in [-0.1, -0.05) is 37.0 Å². The third-order valence-corrected chi connectivity index (χ3v) is 4.30. The van der Waals surface area contributed by atoms with Gasteiger partial charge in [0, 0.05) is 6.54 Å². The Bertz CT molecular complexity index is 590. The number of carboxylic acid groups (broad SMARTS) is 1. The molecule has 114 valence electrons. The van der Waals surface area contributed by atoms with E-state index >= 15 is 0 Å². The quantitative estimate of drug-likeness (QED) is 0.846. The van der Waals surface area contributed by atoms with Crippen LogP contribution in [0.1, 0.15) is 37.2 Å². The van der Waals surface area contributed by atoms with Crippen molar-refractivity contribution in [2.75, 3.05) is 6.54 Å². The minimum atomic E-state index is -1.02. The predicted octanol–water partition coefficient (Wildman–Crippen LogP) is 3.10. The highest BCUT2D eigenvalue weighted by Crippen LogP contribution is 2.36. The monoisotopic (exact) mass is 330 g/mol. The van der Waals surface area contributed by atoms with Crippen molar-refractivity contribution in [1.29, 1.82) is 0 Å². The highest BCUT2D eigenvalue weighted by Gasteiger charge is 2.45. The third-order valence-electron chi connectivity index (χ3n) is 3.78. The molecule has 0 bridgehead atoms. The molecule has 7 heteroatoms. The molecule has 1 aromatic rings. The van der Waals surface area contributed by atoms with Crippen molar-refractivity contribution in [1.82, 2.24) is 9.88 Å². The first-order valence-corrected chi connectivity index (χ1v) is 7.35. The van der Waals surface area contributed by atoms with E-state index in [1.807, 2.05) is 13.8 Å². The van der Waals surface area contributed by atoms with Crippen LogP contribution in [0.4, 0.5) is 0 Å². The van der Waals surface area contributed by atoms with Gasteiger partial charge in [0.25, 0.3) is 5.91 Å². The van der Waals surface area contributed by atoms with Crippen molar-refractivity contribution < 1.29 is 14.7 Å². The maximum Gasteiger partial charge on any atom is 0.326 e. The fourth-order valence-electron chi connectivity index (χ4n) is 2.78. The summed E-state index contributed by atoms with van der Waals surface area (Å²) in [6.45, 7) is 4.06. The van der Waals surface area contributed by atoms with E-state index < -0.39 is 23.3 Å². The van der Waals surface area contributed by atoms with Gasteiger partial charge in [0.2, 0.25) is 0 Å². The van der Waals surface area contributed by atoms with Crippen LogP contribution in [0.2, 0.25) is 10.2 Å². The molecule has 0 spiro atoms. The highest BCUT2D eigenvalue weighted by atomic mass is 35.5. The van der Waals surface area contributed by atoms with Gasteiger partial charge in [-0.05, 0) is 30.4 Å². The third kappa shape index (κ3) is 3.14. The molecule has 0 radical (unpaired) electrons. The summed E-state index contributed by atoms with van der Waals surface area (Å²) in [5, 5.41) is 9.80. The van der Waals surface area contributed by atoms with Gasteiger partial charge in [-0.15, -0.1) is 0 Å². The fourth-order valence-corrected chi connectivity index (χ4v) is 3.12. The minimum Gasteiger partial charge on any atom is -0.480 e. The van der Waals surface area contributed by atoms with Gasteiger partial charge in [-0.2, -0.15) is 0 Å². The summed E-state index contributed by atoms with van der Waals surface area (Å²) in [7, 11) is 0. The van der Waals surface area contributed by atoms with E-state index in [2.05, 4.69) is 4.98 Å². The second-order valence-corrected chi connectivity index (χ2v) is 6.59. The zero-order valence-corrected chi connectivity index (χ0v) is 13.3. The lowest BCUT2D eigenvalue weighted by Gasteiger charge is -2.43. The fraction of sp³-hybridized carbons (Fsp3) is 0.500. The van der Waals surface area contributed by atoms with Crippen molar-refractivity contribution in [3.8, 4) is 0 Å². The van der Waals surface area contributed by atoms with Gasteiger partial charge < -0.3 is 10.0 Å². The summed E-state index contributed by atoms with van der Waals surface area (Å²) in [6, 6.07) is 2.06. The molecule has 1 aliphatic rings. The number of hydrogen-bond donors (Lipinski definition) is 1. The van der Waals surface area contributed by atoms with Gasteiger partial charge >= 0.3 is 5.97 Å². The van der Waals surface area contributed by atoms with Crippen LogP contribution in [0.25, 0.3) is 0 Å². The first-order chi connectivity index (χ1) is 9.74. The van der Waals surface area contributed by atoms with Gasteiger partial charge in [0.1, 0.15) is 16.9 Å². The van der Waals surface area contributed by atoms with Crippen LogP contribution in [0.15, 0.2) is 12.1 Å². The molecule has 0 aromatic carbocycles. The standard InChI is InChI=1S/C14H16Cl2N2O3/c1-14(2)6-3-7-18(11(14)13(20)21)12(19)10-8(15)4-5-9(16)17-10/h4-5,11H,3,6-7H2,1-2H3,(H,20,21). The van der Waals surface area contributed by atoms with Gasteiger partial charge in [0.05, 0.1) is 5.02 Å². The van der Waals surface area contributed by atoms with E-state index in [4.69, 9.17) is 23.2 Å². The lowest BCUT2D eigenvalue weighted by atomic mass is 9.76. The van der Waals surface area contributed by atoms with Crippen LogP contribution >= 0.6 is 23.2 Å². The van der Waals surface area contributed by atoms with Crippen LogP contribution < -0.4 is 0 Å². The summed E-state index contributed by atoms with van der Waals surface area (Å²) in [5.74, 6) is -1.52. The van der Waals surface area contributed by atoms with E-state index in [0.717, 1.165) is 12.8 Å². The average molecular weight is 331 g/mol. The average Bonchev–Trinajstić information content (AvgIpc) is 2.38. The van der Waals surface area contributed by atoms with Crippen LogP contribution in [-0.4, -0.2) is 39.5 Å². The van der Waals surface area contributed by atoms with Crippen LogP contribution in [0.5, 0.6) is 0 Å². The second kappa shape index (κ2) is 5.81. The number of aromatic nitrogens is 1. The smallest absolute Gasteiger partial charge is 0.326 e. The van der Waals surface area contributed by atoms with Crippen LogP contribution in [-0.2, 0) is 4.79 Å². The Balaban J connectivity index is 2.41. The largest absolute Gasteiger partial charge is 0.480 e. The molecule has 1 unspecified atom stereocenters. The molecule has 1 amide bonds. The molecule has 1 atom stereocenters. The van der Waals surface area contributed by atoms with Gasteiger partial charge in [-0.3, -0.25) is 4.79 Å². The van der Waals surface area contributed by atoms with E-state index in [-0.39, 0.29) is 15.9 Å². The number of carboxylic acids is 1. The zero-order valence-electron chi connectivity index (χ0n) is 11.8. The van der Waals surface area contributed by atoms with Crippen LogP contribution in [0, 0.1) is 5.41 Å². The van der Waals surface area contributed by atoms with Crippen molar-refractivity contribution in [3.63, 3.8) is 0 Å². The number of pyridine rings is 1. The first kappa shape index (κ1) is 16.0. The first-order valence-electron chi connectivity index (χ1n) is 6.60. The molecule has 0 saturated carbocycles. The maximum absolute atomic E-state index is 12.6. The Labute approximate surface area is 132 Å². The number of amides is 1. The molecule has 21 heavy (non-hydrogen) atoms. The zero-order chi connectivity index (χ0) is 15.8. The number of piperidine rings is 1. The lowest BCUT2D eigenvalue weighted by molar-refractivity contribution is -0.148. The van der Waals surface area contributed by atoms with E-state index in [0.29, 0.717) is 6.54 Å². The van der Waals surface area contributed by atoms with E-state index in [1.165, 1.54) is 17.0 Å². The molecule has 1 aliphatic heterocycles. The molecular formula is C14H16Cl2N2O3. The summed E-state index contributed by atoms with van der Waals surface area (Å²) in [6.07, 6.45) is 1.48. The lowest BCUT2D eigenvalue weighted by Crippen LogP contribution is -2.56. The summed E-state index contributed by atoms with van der Waals surface area (Å²) in [4.78, 5) is 29.5. The van der Waals surface area contributed by atoms with Crippen LogP contribution in [0.3, 0.4) is 0 Å². The Morgan fingerprint density at radius 2 is 2.05 bits per heavy atom.